The number of aromatic nitrogens is 4. The van der Waals surface area contributed by atoms with Gasteiger partial charge in [-0.1, -0.05) is 30.3 Å². The molecule has 0 saturated heterocycles. The van der Waals surface area contributed by atoms with E-state index in [4.69, 9.17) is 0 Å². The summed E-state index contributed by atoms with van der Waals surface area (Å²) in [5.74, 6) is 3.50. The molecule has 0 N–H and O–H groups in total. The molecule has 2 aliphatic carbocycles. The maximum absolute atomic E-state index is 4.69. The first-order valence-corrected chi connectivity index (χ1v) is 9.30. The second-order valence-electron chi connectivity index (χ2n) is 8.00. The predicted molar refractivity (Wildman–Crippen MR) is 97.7 cm³/mol. The van der Waals surface area contributed by atoms with Gasteiger partial charge in [-0.2, -0.15) is 0 Å². The Kier molecular flexibility index (Phi) is 3.18. The van der Waals surface area contributed by atoms with Crippen LogP contribution in [0.25, 0.3) is 0 Å². The zero-order chi connectivity index (χ0) is 17.0. The van der Waals surface area contributed by atoms with Crippen molar-refractivity contribution >= 4 is 0 Å². The molecule has 0 spiro atoms. The van der Waals surface area contributed by atoms with Crippen LogP contribution < -0.4 is 0 Å². The first kappa shape index (κ1) is 14.9. The van der Waals surface area contributed by atoms with Crippen LogP contribution in [0.3, 0.4) is 0 Å². The summed E-state index contributed by atoms with van der Waals surface area (Å²) < 4.78 is 4.72. The maximum Gasteiger partial charge on any atom is 0.159 e. The zero-order valence-electron chi connectivity index (χ0n) is 14.8. The van der Waals surface area contributed by atoms with E-state index in [0.29, 0.717) is 17.9 Å². The molecule has 1 aromatic carbocycles. The smallest absolute Gasteiger partial charge is 0.159 e. The highest BCUT2D eigenvalue weighted by atomic mass is 15.3. The number of hydrogen-bond acceptors (Lipinski definition) is 2. The number of benzene rings is 1. The van der Waals surface area contributed by atoms with Crippen LogP contribution in [-0.2, 0) is 5.54 Å². The van der Waals surface area contributed by atoms with Crippen LogP contribution in [0.5, 0.6) is 0 Å². The minimum Gasteiger partial charge on any atom is -0.342 e. The lowest BCUT2D eigenvalue weighted by Gasteiger charge is -2.27. The van der Waals surface area contributed by atoms with Crippen LogP contribution in [0, 0.1) is 0 Å². The molecule has 4 heteroatoms. The third-order valence-electron chi connectivity index (χ3n) is 5.78. The van der Waals surface area contributed by atoms with E-state index >= 15 is 0 Å². The normalized spacial score (nSPS) is 23.0. The van der Waals surface area contributed by atoms with Crippen LogP contribution >= 0.6 is 0 Å². The van der Waals surface area contributed by atoms with E-state index < -0.39 is 0 Å². The molecule has 0 amide bonds. The summed E-state index contributed by atoms with van der Waals surface area (Å²) in [5.41, 5.74) is 1.24. The fourth-order valence-corrected chi connectivity index (χ4v) is 4.02. The van der Waals surface area contributed by atoms with E-state index in [1.807, 2.05) is 0 Å². The molecule has 128 valence electrons. The quantitative estimate of drug-likeness (QED) is 0.691. The standard InChI is InChI=1S/C21H24N4/c1-21(2,24-12-6-7-13-24)20-23-22-19(16-10-11-16)25(20)18-14-17(18)15-8-4-3-5-9-15/h3-9,12-13,16-18H,10-11,14H2,1-2H3/t17-,18-/m1/s1. The fourth-order valence-electron chi connectivity index (χ4n) is 4.02. The van der Waals surface area contributed by atoms with Crippen molar-refractivity contribution in [3.63, 3.8) is 0 Å². The van der Waals surface area contributed by atoms with Gasteiger partial charge >= 0.3 is 0 Å². The SMILES string of the molecule is CC(C)(c1nnc(C2CC2)n1[C@@H]1C[C@@H]1c1ccccc1)n1cccc1. The largest absolute Gasteiger partial charge is 0.342 e. The van der Waals surface area contributed by atoms with Crippen molar-refractivity contribution in [1.82, 2.24) is 19.3 Å². The van der Waals surface area contributed by atoms with E-state index in [1.165, 1.54) is 30.7 Å². The lowest BCUT2D eigenvalue weighted by Crippen LogP contribution is -2.31. The molecule has 3 aromatic rings. The third kappa shape index (κ3) is 2.43. The summed E-state index contributed by atoms with van der Waals surface area (Å²) in [6.07, 6.45) is 7.95. The first-order valence-electron chi connectivity index (χ1n) is 9.30. The summed E-state index contributed by atoms with van der Waals surface area (Å²) in [6.45, 7) is 4.48. The minimum atomic E-state index is -0.201. The minimum absolute atomic E-state index is 0.201. The van der Waals surface area contributed by atoms with Crippen LogP contribution in [0.1, 0.15) is 68.2 Å². The van der Waals surface area contributed by atoms with E-state index in [0.717, 1.165) is 5.82 Å². The Morgan fingerprint density at radius 2 is 1.68 bits per heavy atom. The van der Waals surface area contributed by atoms with Gasteiger partial charge in [0.05, 0.1) is 5.54 Å². The second kappa shape index (κ2) is 5.32. The topological polar surface area (TPSA) is 35.6 Å². The summed E-state index contributed by atoms with van der Waals surface area (Å²) in [4.78, 5) is 0. The molecule has 0 bridgehead atoms. The molecule has 2 saturated carbocycles. The Labute approximate surface area is 148 Å². The van der Waals surface area contributed by atoms with Crippen molar-refractivity contribution in [2.45, 2.75) is 56.5 Å². The molecule has 5 rings (SSSR count). The fraction of sp³-hybridized carbons (Fsp3) is 0.429. The van der Waals surface area contributed by atoms with Gasteiger partial charge in [-0.3, -0.25) is 0 Å². The van der Waals surface area contributed by atoms with Crippen molar-refractivity contribution in [1.29, 1.82) is 0 Å². The van der Waals surface area contributed by atoms with Gasteiger partial charge in [0, 0.05) is 30.3 Å². The van der Waals surface area contributed by atoms with E-state index in [2.05, 4.69) is 88.0 Å². The van der Waals surface area contributed by atoms with Gasteiger partial charge in [0.1, 0.15) is 5.82 Å². The molecule has 2 atom stereocenters. The first-order chi connectivity index (χ1) is 12.2. The van der Waals surface area contributed by atoms with Crippen molar-refractivity contribution in [3.05, 3.63) is 72.1 Å². The lowest BCUT2D eigenvalue weighted by atomic mass is 10.0. The van der Waals surface area contributed by atoms with Gasteiger partial charge in [0.15, 0.2) is 5.82 Å². The Morgan fingerprint density at radius 3 is 2.36 bits per heavy atom. The molecule has 25 heavy (non-hydrogen) atoms. The van der Waals surface area contributed by atoms with Gasteiger partial charge in [0.25, 0.3) is 0 Å². The van der Waals surface area contributed by atoms with Gasteiger partial charge in [0.2, 0.25) is 0 Å². The highest BCUT2D eigenvalue weighted by molar-refractivity contribution is 5.29. The Balaban J connectivity index is 1.56. The monoisotopic (exact) mass is 332 g/mol. The van der Waals surface area contributed by atoms with Crippen molar-refractivity contribution in [2.24, 2.45) is 0 Å². The van der Waals surface area contributed by atoms with Crippen molar-refractivity contribution in [3.8, 4) is 0 Å². The van der Waals surface area contributed by atoms with E-state index in [9.17, 15) is 0 Å². The van der Waals surface area contributed by atoms with Crippen LogP contribution in [0.2, 0.25) is 0 Å². The highest BCUT2D eigenvalue weighted by Gasteiger charge is 2.46. The van der Waals surface area contributed by atoms with E-state index in [-0.39, 0.29) is 5.54 Å². The number of nitrogens with zero attached hydrogens (tertiary/aromatic N) is 4. The van der Waals surface area contributed by atoms with E-state index in [1.54, 1.807) is 0 Å². The average molecular weight is 332 g/mol. The summed E-state index contributed by atoms with van der Waals surface area (Å²) in [5, 5.41) is 9.33. The molecule has 0 radical (unpaired) electrons. The van der Waals surface area contributed by atoms with Crippen LogP contribution in [0.4, 0.5) is 0 Å². The molecule has 4 nitrogen and oxygen atoms in total. The molecule has 2 aliphatic rings. The molecule has 0 unspecified atom stereocenters. The molecule has 2 fully saturated rings. The van der Waals surface area contributed by atoms with Gasteiger partial charge in [-0.15, -0.1) is 10.2 Å². The van der Waals surface area contributed by atoms with Gasteiger partial charge in [-0.05, 0) is 50.8 Å². The van der Waals surface area contributed by atoms with Crippen LogP contribution in [-0.4, -0.2) is 19.3 Å². The maximum atomic E-state index is 4.69. The summed E-state index contributed by atoms with van der Waals surface area (Å²) in [7, 11) is 0. The Bertz CT molecular complexity index is 872. The Morgan fingerprint density at radius 1 is 0.960 bits per heavy atom. The van der Waals surface area contributed by atoms with Gasteiger partial charge in [-0.25, -0.2) is 0 Å². The predicted octanol–water partition coefficient (Wildman–Crippen LogP) is 4.47. The second-order valence-corrected chi connectivity index (χ2v) is 8.00. The van der Waals surface area contributed by atoms with Gasteiger partial charge < -0.3 is 9.13 Å². The lowest BCUT2D eigenvalue weighted by molar-refractivity contribution is 0.386. The molecule has 2 heterocycles. The number of rotatable bonds is 5. The summed E-state index contributed by atoms with van der Waals surface area (Å²) >= 11 is 0. The molecular weight excluding hydrogens is 308 g/mol. The Hall–Kier alpha value is -2.36. The zero-order valence-corrected chi connectivity index (χ0v) is 14.8. The van der Waals surface area contributed by atoms with Crippen molar-refractivity contribution in [2.75, 3.05) is 0 Å². The molecule has 2 aromatic heterocycles. The molecule has 0 aliphatic heterocycles. The van der Waals surface area contributed by atoms with Crippen LogP contribution in [0.15, 0.2) is 54.9 Å². The average Bonchev–Trinajstić information content (AvgIpc) is 3.52. The van der Waals surface area contributed by atoms with Crippen molar-refractivity contribution < 1.29 is 0 Å². The third-order valence-corrected chi connectivity index (χ3v) is 5.78. The highest BCUT2D eigenvalue weighted by Crippen LogP contribution is 2.55. The number of hydrogen-bond donors (Lipinski definition) is 0. The molecular formula is C21H24N4. The summed E-state index contributed by atoms with van der Waals surface area (Å²) in [6, 6.07) is 15.5.